The van der Waals surface area contributed by atoms with Crippen molar-refractivity contribution in [2.75, 3.05) is 33.3 Å². The van der Waals surface area contributed by atoms with Crippen LogP contribution in [0.2, 0.25) is 0 Å². The number of rotatable bonds is 8. The number of carbonyl (C=O) groups is 1. The van der Waals surface area contributed by atoms with Crippen LogP contribution in [0.5, 0.6) is 5.75 Å². The zero-order chi connectivity index (χ0) is 22.5. The number of nitrogens with zero attached hydrogens (tertiary/aromatic N) is 4. The van der Waals surface area contributed by atoms with Gasteiger partial charge in [-0.25, -0.2) is 4.39 Å². The maximum Gasteiger partial charge on any atom is 0.222 e. The lowest BCUT2D eigenvalue weighted by atomic mass is 10.1. The summed E-state index contributed by atoms with van der Waals surface area (Å²) in [6.45, 7) is 13.0. The van der Waals surface area contributed by atoms with E-state index in [4.69, 9.17) is 4.74 Å². The van der Waals surface area contributed by atoms with Gasteiger partial charge in [-0.15, -0.1) is 0 Å². The summed E-state index contributed by atoms with van der Waals surface area (Å²) in [7, 11) is 1.60. The molecule has 7 heteroatoms. The average molecular weight is 431 g/mol. The number of hydrogen-bond acceptors (Lipinski definition) is 4. The van der Waals surface area contributed by atoms with Crippen LogP contribution < -0.4 is 4.74 Å². The molecular formula is C24H35FN4O2. The third-order valence-electron chi connectivity index (χ3n) is 6.02. The van der Waals surface area contributed by atoms with E-state index >= 15 is 0 Å². The molecule has 1 aromatic heterocycles. The number of halogens is 1. The molecule has 1 aromatic carbocycles. The Hall–Kier alpha value is -2.41. The minimum Gasteiger partial charge on any atom is -0.496 e. The minimum absolute atomic E-state index is 0.193. The number of aryl methyl sites for hydroxylation is 1. The highest BCUT2D eigenvalue weighted by Gasteiger charge is 2.23. The van der Waals surface area contributed by atoms with E-state index < -0.39 is 0 Å². The number of benzene rings is 1. The molecule has 1 aliphatic heterocycles. The predicted octanol–water partition coefficient (Wildman–Crippen LogP) is 3.58. The van der Waals surface area contributed by atoms with Crippen molar-refractivity contribution >= 4 is 5.91 Å². The normalized spacial score (nSPS) is 15.0. The van der Waals surface area contributed by atoms with Gasteiger partial charge in [0.15, 0.2) is 0 Å². The zero-order valence-corrected chi connectivity index (χ0v) is 19.4. The van der Waals surface area contributed by atoms with E-state index in [0.29, 0.717) is 37.7 Å². The first kappa shape index (κ1) is 23.3. The van der Waals surface area contributed by atoms with Crippen molar-refractivity contribution in [3.63, 3.8) is 0 Å². The highest BCUT2D eigenvalue weighted by Crippen LogP contribution is 2.22. The van der Waals surface area contributed by atoms with E-state index in [1.807, 2.05) is 11.8 Å². The fraction of sp³-hybridized carbons (Fsp3) is 0.583. The van der Waals surface area contributed by atoms with E-state index in [0.717, 1.165) is 37.3 Å². The number of methoxy groups -OCH3 is 1. The Morgan fingerprint density at radius 2 is 1.90 bits per heavy atom. The Kier molecular flexibility index (Phi) is 7.70. The molecule has 31 heavy (non-hydrogen) atoms. The third kappa shape index (κ3) is 5.85. The van der Waals surface area contributed by atoms with Crippen LogP contribution in [0, 0.1) is 25.6 Å². The van der Waals surface area contributed by atoms with Gasteiger partial charge in [0, 0.05) is 56.9 Å². The summed E-state index contributed by atoms with van der Waals surface area (Å²) in [6, 6.07) is 4.60. The molecule has 3 rings (SSSR count). The van der Waals surface area contributed by atoms with Gasteiger partial charge in [0.05, 0.1) is 12.8 Å². The predicted molar refractivity (Wildman–Crippen MR) is 120 cm³/mol. The van der Waals surface area contributed by atoms with E-state index in [1.54, 1.807) is 13.2 Å². The Morgan fingerprint density at radius 3 is 2.55 bits per heavy atom. The van der Waals surface area contributed by atoms with Gasteiger partial charge in [0.25, 0.3) is 0 Å². The fourth-order valence-corrected chi connectivity index (χ4v) is 4.28. The number of ether oxygens (including phenoxy) is 1. The molecule has 0 radical (unpaired) electrons. The van der Waals surface area contributed by atoms with Crippen molar-refractivity contribution in [2.24, 2.45) is 5.92 Å². The highest BCUT2D eigenvalue weighted by atomic mass is 19.1. The van der Waals surface area contributed by atoms with Crippen molar-refractivity contribution in [3.8, 4) is 5.75 Å². The number of aromatic nitrogens is 2. The summed E-state index contributed by atoms with van der Waals surface area (Å²) in [5.41, 5.74) is 4.24. The molecule has 1 aliphatic rings. The molecule has 170 valence electrons. The molecule has 2 aromatic rings. The van der Waals surface area contributed by atoms with Crippen LogP contribution in [0.1, 0.15) is 42.8 Å². The maximum absolute atomic E-state index is 13.6. The van der Waals surface area contributed by atoms with Gasteiger partial charge in [0.2, 0.25) is 5.91 Å². The van der Waals surface area contributed by atoms with Crippen LogP contribution in [0.3, 0.4) is 0 Å². The maximum atomic E-state index is 13.6. The molecule has 1 saturated heterocycles. The lowest BCUT2D eigenvalue weighted by Crippen LogP contribution is -2.48. The fourth-order valence-electron chi connectivity index (χ4n) is 4.28. The summed E-state index contributed by atoms with van der Waals surface area (Å²) in [6.07, 6.45) is 1.24. The lowest BCUT2D eigenvalue weighted by molar-refractivity contribution is -0.133. The van der Waals surface area contributed by atoms with E-state index in [9.17, 15) is 9.18 Å². The molecule has 0 unspecified atom stereocenters. The zero-order valence-electron chi connectivity index (χ0n) is 19.4. The van der Waals surface area contributed by atoms with Crippen LogP contribution >= 0.6 is 0 Å². The first-order valence-electron chi connectivity index (χ1n) is 11.1. The van der Waals surface area contributed by atoms with E-state index in [1.165, 1.54) is 23.4 Å². The van der Waals surface area contributed by atoms with Gasteiger partial charge < -0.3 is 9.64 Å². The number of piperazine rings is 1. The lowest BCUT2D eigenvalue weighted by Gasteiger charge is -2.35. The summed E-state index contributed by atoms with van der Waals surface area (Å²) in [4.78, 5) is 17.0. The van der Waals surface area contributed by atoms with Crippen LogP contribution in [0.25, 0.3) is 0 Å². The van der Waals surface area contributed by atoms with Crippen molar-refractivity contribution < 1.29 is 13.9 Å². The molecule has 0 atom stereocenters. The monoisotopic (exact) mass is 430 g/mol. The Balaban J connectivity index is 1.51. The van der Waals surface area contributed by atoms with Gasteiger partial charge in [-0.1, -0.05) is 13.8 Å². The SMILES string of the molecule is COc1ccc(F)cc1CN1CCN(C(=O)CCc2c(C)nn(CC(C)C)c2C)CC1. The molecule has 1 amide bonds. The van der Waals surface area contributed by atoms with Crippen LogP contribution in [-0.2, 0) is 24.3 Å². The van der Waals surface area contributed by atoms with Crippen LogP contribution in [-0.4, -0.2) is 58.8 Å². The molecule has 6 nitrogen and oxygen atoms in total. The van der Waals surface area contributed by atoms with E-state index in [-0.39, 0.29) is 11.7 Å². The van der Waals surface area contributed by atoms with Crippen molar-refractivity contribution in [1.82, 2.24) is 19.6 Å². The summed E-state index contributed by atoms with van der Waals surface area (Å²) >= 11 is 0. The van der Waals surface area contributed by atoms with Gasteiger partial charge in [-0.3, -0.25) is 14.4 Å². The first-order valence-corrected chi connectivity index (χ1v) is 11.1. The minimum atomic E-state index is -0.257. The summed E-state index contributed by atoms with van der Waals surface area (Å²) in [5, 5.41) is 4.66. The molecular weight excluding hydrogens is 395 g/mol. The highest BCUT2D eigenvalue weighted by molar-refractivity contribution is 5.76. The van der Waals surface area contributed by atoms with Crippen molar-refractivity contribution in [3.05, 3.63) is 46.5 Å². The number of amides is 1. The van der Waals surface area contributed by atoms with Gasteiger partial charge in [-0.05, 0) is 49.9 Å². The molecule has 2 heterocycles. The number of carbonyl (C=O) groups excluding carboxylic acids is 1. The van der Waals surface area contributed by atoms with Gasteiger partial charge in [0.1, 0.15) is 11.6 Å². The topological polar surface area (TPSA) is 50.6 Å². The summed E-state index contributed by atoms with van der Waals surface area (Å²) in [5.74, 6) is 1.17. The first-order chi connectivity index (χ1) is 14.8. The second-order valence-electron chi connectivity index (χ2n) is 8.84. The largest absolute Gasteiger partial charge is 0.496 e. The third-order valence-corrected chi connectivity index (χ3v) is 6.02. The smallest absolute Gasteiger partial charge is 0.222 e. The van der Waals surface area contributed by atoms with Crippen LogP contribution in [0.4, 0.5) is 4.39 Å². The Bertz CT molecular complexity index is 901. The van der Waals surface area contributed by atoms with E-state index in [2.05, 4.69) is 35.5 Å². The van der Waals surface area contributed by atoms with Gasteiger partial charge in [-0.2, -0.15) is 5.10 Å². The molecule has 0 N–H and O–H groups in total. The molecule has 0 bridgehead atoms. The quantitative estimate of drug-likeness (QED) is 0.642. The second-order valence-corrected chi connectivity index (χ2v) is 8.84. The number of hydrogen-bond donors (Lipinski definition) is 0. The van der Waals surface area contributed by atoms with Crippen LogP contribution in [0.15, 0.2) is 18.2 Å². The molecule has 0 saturated carbocycles. The molecule has 0 spiro atoms. The van der Waals surface area contributed by atoms with Crippen molar-refractivity contribution in [2.45, 2.75) is 53.6 Å². The Morgan fingerprint density at radius 1 is 1.19 bits per heavy atom. The summed E-state index contributed by atoms with van der Waals surface area (Å²) < 4.78 is 21.0. The van der Waals surface area contributed by atoms with Crippen molar-refractivity contribution in [1.29, 1.82) is 0 Å². The van der Waals surface area contributed by atoms with Gasteiger partial charge >= 0.3 is 0 Å². The molecule has 0 aliphatic carbocycles. The standard InChI is InChI=1S/C24H35FN4O2/c1-17(2)15-29-19(4)22(18(3)26-29)7-9-24(30)28-12-10-27(11-13-28)16-20-14-21(25)6-8-23(20)31-5/h6,8,14,17H,7,9-13,15-16H2,1-5H3. The second kappa shape index (κ2) is 10.3. The Labute approximate surface area is 185 Å². The average Bonchev–Trinajstić information content (AvgIpc) is 2.99. The molecule has 1 fully saturated rings.